The van der Waals surface area contributed by atoms with Crippen molar-refractivity contribution < 1.29 is 23.9 Å². The number of nitrogens with zero attached hydrogens (tertiary/aromatic N) is 1. The van der Waals surface area contributed by atoms with E-state index in [4.69, 9.17) is 0 Å². The van der Waals surface area contributed by atoms with Crippen LogP contribution in [0.5, 0.6) is 0 Å². The molecule has 1 heterocycles. The van der Waals surface area contributed by atoms with Crippen molar-refractivity contribution in [2.45, 2.75) is 39.2 Å². The molecule has 0 bridgehead atoms. The van der Waals surface area contributed by atoms with Crippen LogP contribution in [0.25, 0.3) is 0 Å². The largest absolute Gasteiger partial charge is 0.480 e. The summed E-state index contributed by atoms with van der Waals surface area (Å²) < 4.78 is 13.7. The van der Waals surface area contributed by atoms with Gasteiger partial charge in [0.25, 0.3) is 0 Å². The highest BCUT2D eigenvalue weighted by Gasteiger charge is 2.32. The molecule has 0 spiro atoms. The summed E-state index contributed by atoms with van der Waals surface area (Å²) in [4.78, 5) is 37.8. The molecule has 0 aromatic heterocycles. The third-order valence-electron chi connectivity index (χ3n) is 4.97. The van der Waals surface area contributed by atoms with Crippen molar-refractivity contribution in [3.8, 4) is 0 Å². The highest BCUT2D eigenvalue weighted by atomic mass is 19.1. The van der Waals surface area contributed by atoms with Crippen molar-refractivity contribution in [1.82, 2.24) is 10.2 Å². The lowest BCUT2D eigenvalue weighted by molar-refractivity contribution is -0.144. The molecule has 3 atom stereocenters. The van der Waals surface area contributed by atoms with Crippen LogP contribution in [-0.2, 0) is 9.59 Å². The van der Waals surface area contributed by atoms with E-state index in [1.165, 1.54) is 23.1 Å². The Morgan fingerprint density at radius 2 is 2.04 bits per heavy atom. The summed E-state index contributed by atoms with van der Waals surface area (Å²) in [6, 6.07) is 4.43. The van der Waals surface area contributed by atoms with Crippen LogP contribution in [0.4, 0.5) is 14.9 Å². The Morgan fingerprint density at radius 1 is 1.33 bits per heavy atom. The maximum Gasteiger partial charge on any atom is 0.326 e. The molecule has 3 N–H and O–H groups in total. The van der Waals surface area contributed by atoms with Crippen molar-refractivity contribution in [2.24, 2.45) is 11.8 Å². The second kappa shape index (κ2) is 9.34. The van der Waals surface area contributed by atoms with Crippen molar-refractivity contribution in [1.29, 1.82) is 0 Å². The molecule has 1 aliphatic heterocycles. The molecule has 0 saturated carbocycles. The first-order chi connectivity index (χ1) is 12.8. The highest BCUT2D eigenvalue weighted by molar-refractivity contribution is 5.90. The summed E-state index contributed by atoms with van der Waals surface area (Å²) in [5, 5.41) is 14.4. The number of anilines is 1. The number of likely N-dealkylation sites (tertiary alicyclic amines) is 1. The first kappa shape index (κ1) is 20.7. The van der Waals surface area contributed by atoms with E-state index in [1.54, 1.807) is 13.0 Å². The van der Waals surface area contributed by atoms with Gasteiger partial charge in [0.05, 0.1) is 11.6 Å². The molecule has 1 aliphatic rings. The van der Waals surface area contributed by atoms with Crippen molar-refractivity contribution >= 4 is 23.6 Å². The zero-order valence-corrected chi connectivity index (χ0v) is 15.6. The summed E-state index contributed by atoms with van der Waals surface area (Å²) in [6.45, 7) is 4.26. The lowest BCUT2D eigenvalue weighted by atomic mass is 9.94. The Balaban J connectivity index is 1.98. The summed E-state index contributed by atoms with van der Waals surface area (Å²) in [7, 11) is 0. The van der Waals surface area contributed by atoms with Gasteiger partial charge in [0.1, 0.15) is 11.9 Å². The van der Waals surface area contributed by atoms with Crippen LogP contribution >= 0.6 is 0 Å². The number of carboxylic acid groups (broad SMARTS) is 1. The molecule has 1 unspecified atom stereocenters. The van der Waals surface area contributed by atoms with E-state index >= 15 is 0 Å². The standard InChI is InChI=1S/C19H26FN3O4/c1-3-12(2)16(18(25)26)22-17(24)13-7-6-10-23(11-13)19(27)21-15-9-5-4-8-14(15)20/h4-5,8-9,12-13,16H,3,6-7,10-11H2,1-2H3,(H,21,27)(H,22,24)(H,25,26)/t12-,13?,16-/m0/s1. The molecule has 148 valence electrons. The average molecular weight is 379 g/mol. The third kappa shape index (κ3) is 5.42. The van der Waals surface area contributed by atoms with E-state index in [0.717, 1.165) is 0 Å². The molecular formula is C19H26FN3O4. The zero-order valence-electron chi connectivity index (χ0n) is 15.6. The molecule has 7 nitrogen and oxygen atoms in total. The van der Waals surface area contributed by atoms with E-state index in [9.17, 15) is 23.9 Å². The molecule has 1 saturated heterocycles. The quantitative estimate of drug-likeness (QED) is 0.708. The van der Waals surface area contributed by atoms with Gasteiger partial charge in [-0.2, -0.15) is 0 Å². The number of carbonyl (C=O) groups excluding carboxylic acids is 2. The minimum atomic E-state index is -1.07. The van der Waals surface area contributed by atoms with E-state index in [1.807, 2.05) is 6.92 Å². The molecule has 3 amide bonds. The zero-order chi connectivity index (χ0) is 20.0. The van der Waals surface area contributed by atoms with Crippen LogP contribution < -0.4 is 10.6 Å². The molecular weight excluding hydrogens is 353 g/mol. The van der Waals surface area contributed by atoms with Crippen LogP contribution in [0.15, 0.2) is 24.3 Å². The van der Waals surface area contributed by atoms with Gasteiger partial charge in [0.2, 0.25) is 5.91 Å². The van der Waals surface area contributed by atoms with Gasteiger partial charge in [-0.05, 0) is 30.9 Å². The maximum atomic E-state index is 13.7. The molecule has 1 fully saturated rings. The first-order valence-electron chi connectivity index (χ1n) is 9.17. The van der Waals surface area contributed by atoms with Crippen molar-refractivity contribution in [3.05, 3.63) is 30.1 Å². The number of carboxylic acids is 1. The summed E-state index contributed by atoms with van der Waals surface area (Å²) in [5.41, 5.74) is 0.0804. The first-order valence-corrected chi connectivity index (χ1v) is 9.17. The number of aliphatic carboxylic acids is 1. The lowest BCUT2D eigenvalue weighted by Crippen LogP contribution is -2.51. The van der Waals surface area contributed by atoms with Gasteiger partial charge >= 0.3 is 12.0 Å². The normalized spacial score (nSPS) is 19.1. The number of para-hydroxylation sites is 1. The van der Waals surface area contributed by atoms with Crippen molar-refractivity contribution in [2.75, 3.05) is 18.4 Å². The number of hydrogen-bond donors (Lipinski definition) is 3. The van der Waals surface area contributed by atoms with Gasteiger partial charge in [-0.15, -0.1) is 0 Å². The van der Waals surface area contributed by atoms with Gasteiger partial charge in [0.15, 0.2) is 0 Å². The number of hydrogen-bond acceptors (Lipinski definition) is 3. The fraction of sp³-hybridized carbons (Fsp3) is 0.526. The molecule has 0 aliphatic carbocycles. The van der Waals surface area contributed by atoms with Crippen LogP contribution in [0.1, 0.15) is 33.1 Å². The Hall–Kier alpha value is -2.64. The fourth-order valence-corrected chi connectivity index (χ4v) is 3.09. The fourth-order valence-electron chi connectivity index (χ4n) is 3.09. The second-order valence-corrected chi connectivity index (χ2v) is 6.91. The van der Waals surface area contributed by atoms with Gasteiger partial charge in [-0.3, -0.25) is 4.79 Å². The maximum absolute atomic E-state index is 13.7. The predicted octanol–water partition coefficient (Wildman–Crippen LogP) is 2.69. The number of carbonyl (C=O) groups is 3. The third-order valence-corrected chi connectivity index (χ3v) is 4.97. The Labute approximate surface area is 157 Å². The van der Waals surface area contributed by atoms with Crippen LogP contribution in [-0.4, -0.2) is 47.0 Å². The Morgan fingerprint density at radius 3 is 2.67 bits per heavy atom. The number of nitrogens with one attached hydrogen (secondary N) is 2. The van der Waals surface area contributed by atoms with E-state index in [-0.39, 0.29) is 24.1 Å². The summed E-state index contributed by atoms with van der Waals surface area (Å²) in [5.74, 6) is -2.66. The second-order valence-electron chi connectivity index (χ2n) is 6.91. The monoisotopic (exact) mass is 379 g/mol. The van der Waals surface area contributed by atoms with Gasteiger partial charge in [0, 0.05) is 13.1 Å². The minimum absolute atomic E-state index is 0.0804. The van der Waals surface area contributed by atoms with Crippen LogP contribution in [0, 0.1) is 17.7 Å². The lowest BCUT2D eigenvalue weighted by Gasteiger charge is -2.33. The molecule has 8 heteroatoms. The predicted molar refractivity (Wildman–Crippen MR) is 98.7 cm³/mol. The topological polar surface area (TPSA) is 98.7 Å². The number of halogens is 1. The molecule has 2 rings (SSSR count). The van der Waals surface area contributed by atoms with Gasteiger partial charge in [-0.25, -0.2) is 14.0 Å². The summed E-state index contributed by atoms with van der Waals surface area (Å²) >= 11 is 0. The smallest absolute Gasteiger partial charge is 0.326 e. The van der Waals surface area contributed by atoms with E-state index in [2.05, 4.69) is 10.6 Å². The Bertz CT molecular complexity index is 697. The highest BCUT2D eigenvalue weighted by Crippen LogP contribution is 2.20. The molecule has 0 radical (unpaired) electrons. The molecule has 1 aromatic rings. The molecule has 1 aromatic carbocycles. The average Bonchev–Trinajstić information content (AvgIpc) is 2.66. The van der Waals surface area contributed by atoms with E-state index < -0.39 is 29.8 Å². The van der Waals surface area contributed by atoms with Gasteiger partial charge in [-0.1, -0.05) is 32.4 Å². The minimum Gasteiger partial charge on any atom is -0.480 e. The van der Waals surface area contributed by atoms with Crippen molar-refractivity contribution in [3.63, 3.8) is 0 Å². The number of amides is 3. The number of urea groups is 1. The number of benzene rings is 1. The van der Waals surface area contributed by atoms with Crippen LogP contribution in [0.3, 0.4) is 0 Å². The molecule has 27 heavy (non-hydrogen) atoms. The van der Waals surface area contributed by atoms with Crippen LogP contribution in [0.2, 0.25) is 0 Å². The Kier molecular flexibility index (Phi) is 7.15. The number of rotatable bonds is 6. The van der Waals surface area contributed by atoms with Gasteiger partial charge < -0.3 is 20.6 Å². The summed E-state index contributed by atoms with van der Waals surface area (Å²) in [6.07, 6.45) is 1.81. The SMILES string of the molecule is CC[C@H](C)[C@H](NC(=O)C1CCCN(C(=O)Nc2ccccc2F)C1)C(=O)O. The van der Waals surface area contributed by atoms with E-state index in [0.29, 0.717) is 25.8 Å². The number of piperidine rings is 1.